The van der Waals surface area contributed by atoms with Crippen molar-refractivity contribution in [3.63, 3.8) is 0 Å². The Labute approximate surface area is 281 Å². The third-order valence-electron chi connectivity index (χ3n) is 9.16. The van der Waals surface area contributed by atoms with Gasteiger partial charge in [-0.1, -0.05) is 46.0 Å². The molecule has 3 fully saturated rings. The first-order valence-corrected chi connectivity index (χ1v) is 17.0. The Morgan fingerprint density at radius 1 is 0.500 bits per heavy atom. The summed E-state index contributed by atoms with van der Waals surface area (Å²) in [5, 5.41) is 3.30. The summed E-state index contributed by atoms with van der Waals surface area (Å²) in [6.07, 6.45) is 18.7. The second kappa shape index (κ2) is 20.0. The predicted molar refractivity (Wildman–Crippen MR) is 175 cm³/mol. The molecule has 0 aromatic rings. The van der Waals surface area contributed by atoms with Crippen molar-refractivity contribution in [2.75, 3.05) is 91.6 Å². The molecule has 0 saturated carbocycles. The zero-order valence-electron chi connectivity index (χ0n) is 27.4. The van der Waals surface area contributed by atoms with E-state index in [1.807, 2.05) is 0 Å². The standard InChI is InChI=1S/C24H44N6.C7H13N3.CH4.Na.H/c1(3-5-7-15-27-19-11-21-29-17-9-13-25-23(27)29)2-4-6-8-16-28-20-12-22-30-18-10-14-26-24(28)30;1-3-8-7-9-4-2-6-10(7)5-1;;;/h1-22H2;1-6H2,(H,8,9);1H4;;/q;;;+1;-1. The first kappa shape index (κ1) is 35.3. The Kier molecular flexibility index (Phi) is 16.8. The Bertz CT molecular complexity index is 805. The molecule has 236 valence electrons. The van der Waals surface area contributed by atoms with Crippen molar-refractivity contribution in [3.8, 4) is 0 Å². The minimum atomic E-state index is 0. The van der Waals surface area contributed by atoms with E-state index in [0.29, 0.717) is 0 Å². The van der Waals surface area contributed by atoms with E-state index in [-0.39, 0.29) is 38.4 Å². The molecule has 9 nitrogen and oxygen atoms in total. The number of hydrogen-bond donors (Lipinski definition) is 1. The van der Waals surface area contributed by atoms with Crippen molar-refractivity contribution in [1.82, 2.24) is 29.8 Å². The maximum Gasteiger partial charge on any atom is 1.00 e. The smallest absolute Gasteiger partial charge is 1.00 e. The first-order valence-electron chi connectivity index (χ1n) is 17.0. The summed E-state index contributed by atoms with van der Waals surface area (Å²) in [7, 11) is 0. The first-order chi connectivity index (χ1) is 19.9. The Balaban J connectivity index is 0.000000421. The van der Waals surface area contributed by atoms with Crippen LogP contribution in [0.3, 0.4) is 0 Å². The van der Waals surface area contributed by atoms with Gasteiger partial charge < -0.3 is 31.2 Å². The van der Waals surface area contributed by atoms with Gasteiger partial charge in [-0.05, 0) is 51.4 Å². The number of guanidine groups is 3. The fourth-order valence-corrected chi connectivity index (χ4v) is 7.01. The maximum atomic E-state index is 4.80. The molecule has 42 heavy (non-hydrogen) atoms. The van der Waals surface area contributed by atoms with Gasteiger partial charge in [0, 0.05) is 91.6 Å². The molecule has 0 amide bonds. The van der Waals surface area contributed by atoms with Gasteiger partial charge in [-0.25, -0.2) is 0 Å². The largest absolute Gasteiger partial charge is 1.00 e. The topological polar surface area (TPSA) is 65.3 Å². The average Bonchev–Trinajstić information content (AvgIpc) is 3.02. The molecule has 6 heterocycles. The van der Waals surface area contributed by atoms with E-state index in [9.17, 15) is 0 Å². The van der Waals surface area contributed by atoms with Gasteiger partial charge in [0.2, 0.25) is 0 Å². The zero-order chi connectivity index (χ0) is 27.2. The van der Waals surface area contributed by atoms with Crippen LogP contribution in [0.2, 0.25) is 0 Å². The number of nitrogens with one attached hydrogen (secondary N) is 1. The van der Waals surface area contributed by atoms with Crippen molar-refractivity contribution in [3.05, 3.63) is 0 Å². The predicted octanol–water partition coefficient (Wildman–Crippen LogP) is 1.44. The van der Waals surface area contributed by atoms with Crippen molar-refractivity contribution in [2.45, 2.75) is 97.3 Å². The molecule has 6 rings (SSSR count). The van der Waals surface area contributed by atoms with Gasteiger partial charge in [-0.15, -0.1) is 0 Å². The van der Waals surface area contributed by atoms with Crippen molar-refractivity contribution < 1.29 is 31.0 Å². The fourth-order valence-electron chi connectivity index (χ4n) is 7.01. The number of rotatable bonds is 11. The number of fused-ring (bicyclic) bond motifs is 3. The molecule has 0 aromatic carbocycles. The molecule has 0 unspecified atom stereocenters. The quantitative estimate of drug-likeness (QED) is 0.288. The monoisotopic (exact) mass is 596 g/mol. The Morgan fingerprint density at radius 2 is 0.929 bits per heavy atom. The summed E-state index contributed by atoms with van der Waals surface area (Å²) >= 11 is 0. The van der Waals surface area contributed by atoms with E-state index in [2.05, 4.69) is 34.8 Å². The maximum absolute atomic E-state index is 4.80. The van der Waals surface area contributed by atoms with E-state index in [1.165, 1.54) is 167 Å². The molecule has 1 N–H and O–H groups in total. The van der Waals surface area contributed by atoms with Crippen molar-refractivity contribution in [1.29, 1.82) is 0 Å². The molecule has 0 atom stereocenters. The van der Waals surface area contributed by atoms with E-state index < -0.39 is 0 Å². The van der Waals surface area contributed by atoms with Crippen LogP contribution in [0.4, 0.5) is 0 Å². The second-order valence-electron chi connectivity index (χ2n) is 12.4. The van der Waals surface area contributed by atoms with Gasteiger partial charge in [0.05, 0.1) is 0 Å². The summed E-state index contributed by atoms with van der Waals surface area (Å²) < 4.78 is 0. The molecule has 0 aromatic heterocycles. The van der Waals surface area contributed by atoms with Gasteiger partial charge in [0.15, 0.2) is 17.9 Å². The van der Waals surface area contributed by atoms with Crippen LogP contribution in [0.5, 0.6) is 0 Å². The van der Waals surface area contributed by atoms with Crippen molar-refractivity contribution >= 4 is 17.9 Å². The van der Waals surface area contributed by atoms with Gasteiger partial charge in [-0.2, -0.15) is 0 Å². The second-order valence-corrected chi connectivity index (χ2v) is 12.4. The van der Waals surface area contributed by atoms with E-state index in [1.54, 1.807) is 0 Å². The summed E-state index contributed by atoms with van der Waals surface area (Å²) in [5.74, 6) is 3.75. The molecular weight excluding hydrogens is 533 g/mol. The van der Waals surface area contributed by atoms with Crippen LogP contribution in [0.1, 0.15) is 98.7 Å². The molecule has 0 spiro atoms. The summed E-state index contributed by atoms with van der Waals surface area (Å²) in [6, 6.07) is 0. The van der Waals surface area contributed by atoms with Crippen LogP contribution < -0.4 is 34.9 Å². The van der Waals surface area contributed by atoms with Crippen LogP contribution in [-0.2, 0) is 0 Å². The molecule has 0 aliphatic carbocycles. The molecule has 10 heteroatoms. The van der Waals surface area contributed by atoms with Crippen LogP contribution in [0, 0.1) is 0 Å². The van der Waals surface area contributed by atoms with Gasteiger partial charge in [0.25, 0.3) is 0 Å². The fraction of sp³-hybridized carbons (Fsp3) is 0.906. The molecule has 0 radical (unpaired) electrons. The number of unbranched alkanes of at least 4 members (excludes halogenated alkanes) is 7. The summed E-state index contributed by atoms with van der Waals surface area (Å²) in [4.78, 5) is 26.5. The third-order valence-corrected chi connectivity index (χ3v) is 9.16. The average molecular weight is 596 g/mol. The molecular formula is C32H62N9Na. The van der Waals surface area contributed by atoms with Crippen LogP contribution >= 0.6 is 0 Å². The van der Waals surface area contributed by atoms with Crippen LogP contribution in [0.15, 0.2) is 15.0 Å². The number of aliphatic imine (C=N–C) groups is 3. The zero-order valence-corrected chi connectivity index (χ0v) is 28.4. The molecule has 6 aliphatic heterocycles. The summed E-state index contributed by atoms with van der Waals surface area (Å²) in [5.41, 5.74) is 0. The van der Waals surface area contributed by atoms with Crippen LogP contribution in [0.25, 0.3) is 0 Å². The third kappa shape index (κ3) is 10.8. The molecule has 3 saturated heterocycles. The SMILES string of the molecule is C.C(CCCCCN1CCCN2CCCN=C12)CCCCN1CCCN2CCCN=C12.C1CN=C2NCCCN2C1.[H-].[Na+]. The normalized spacial score (nSPS) is 21.5. The molecule has 6 aliphatic rings. The minimum Gasteiger partial charge on any atom is -1.00 e. The van der Waals surface area contributed by atoms with E-state index in [4.69, 9.17) is 9.98 Å². The van der Waals surface area contributed by atoms with Gasteiger partial charge >= 0.3 is 29.6 Å². The number of nitrogens with zero attached hydrogens (tertiary/aromatic N) is 8. The Morgan fingerprint density at radius 3 is 1.45 bits per heavy atom. The van der Waals surface area contributed by atoms with Crippen LogP contribution in [-0.4, -0.2) is 134 Å². The van der Waals surface area contributed by atoms with E-state index in [0.717, 1.165) is 32.1 Å². The summed E-state index contributed by atoms with van der Waals surface area (Å²) in [6.45, 7) is 16.3. The minimum absolute atomic E-state index is 0. The van der Waals surface area contributed by atoms with Gasteiger partial charge in [-0.3, -0.25) is 15.0 Å². The van der Waals surface area contributed by atoms with Crippen molar-refractivity contribution in [2.24, 2.45) is 15.0 Å². The Hall–Kier alpha value is -1.19. The van der Waals surface area contributed by atoms with Gasteiger partial charge in [0.1, 0.15) is 0 Å². The molecule has 0 bridgehead atoms. The van der Waals surface area contributed by atoms with E-state index >= 15 is 0 Å². The number of hydrogen-bond acceptors (Lipinski definition) is 9.